The molecule has 0 saturated carbocycles. The zero-order chi connectivity index (χ0) is 21.0. The van der Waals surface area contributed by atoms with Gasteiger partial charge in [0, 0.05) is 25.5 Å². The first kappa shape index (κ1) is 20.8. The second-order valence-electron chi connectivity index (χ2n) is 6.30. The zero-order valence-electron chi connectivity index (χ0n) is 15.0. The van der Waals surface area contributed by atoms with Crippen LogP contribution in [0.2, 0.25) is 0 Å². The van der Waals surface area contributed by atoms with Gasteiger partial charge >= 0.3 is 6.36 Å². The highest BCUT2D eigenvalue weighted by molar-refractivity contribution is 7.22. The van der Waals surface area contributed by atoms with Gasteiger partial charge in [-0.05, 0) is 25.0 Å². The van der Waals surface area contributed by atoms with E-state index in [1.807, 2.05) is 0 Å². The minimum Gasteiger partial charge on any atom is -0.406 e. The van der Waals surface area contributed by atoms with Crippen LogP contribution < -0.4 is 20.7 Å². The van der Waals surface area contributed by atoms with E-state index in [1.165, 1.54) is 12.1 Å². The molecule has 1 fully saturated rings. The predicted octanol–water partition coefficient (Wildman–Crippen LogP) is 2.31. The molecular formula is C17H17F3N4O4S. The summed E-state index contributed by atoms with van der Waals surface area (Å²) in [5, 5.41) is 8.05. The maximum Gasteiger partial charge on any atom is 0.573 e. The molecule has 29 heavy (non-hydrogen) atoms. The van der Waals surface area contributed by atoms with Crippen molar-refractivity contribution in [3.8, 4) is 5.75 Å². The lowest BCUT2D eigenvalue weighted by Crippen LogP contribution is -2.42. The van der Waals surface area contributed by atoms with Crippen molar-refractivity contribution >= 4 is 44.4 Å². The van der Waals surface area contributed by atoms with Crippen LogP contribution in [0.15, 0.2) is 18.2 Å². The summed E-state index contributed by atoms with van der Waals surface area (Å²) in [5.74, 6) is -1.13. The fourth-order valence-electron chi connectivity index (χ4n) is 2.73. The van der Waals surface area contributed by atoms with Gasteiger partial charge in [-0.3, -0.25) is 14.4 Å². The molecule has 0 spiro atoms. The van der Waals surface area contributed by atoms with Crippen molar-refractivity contribution in [2.24, 2.45) is 0 Å². The van der Waals surface area contributed by atoms with Gasteiger partial charge in [0.15, 0.2) is 5.13 Å². The Bertz CT molecular complexity index is 931. The molecule has 3 rings (SSSR count). The molecule has 1 atom stereocenters. The van der Waals surface area contributed by atoms with E-state index in [0.29, 0.717) is 29.5 Å². The molecule has 0 aliphatic carbocycles. The number of nitrogens with zero attached hydrogens (tertiary/aromatic N) is 1. The van der Waals surface area contributed by atoms with Crippen molar-refractivity contribution in [3.05, 3.63) is 18.2 Å². The molecule has 1 unspecified atom stereocenters. The van der Waals surface area contributed by atoms with Crippen molar-refractivity contribution < 1.29 is 32.3 Å². The molecule has 0 radical (unpaired) electrons. The average molecular weight is 430 g/mol. The summed E-state index contributed by atoms with van der Waals surface area (Å²) in [6.45, 7) is 0.274. The van der Waals surface area contributed by atoms with Crippen LogP contribution >= 0.6 is 11.3 Å². The molecule has 0 bridgehead atoms. The Morgan fingerprint density at radius 1 is 1.34 bits per heavy atom. The Hall–Kier alpha value is -2.89. The van der Waals surface area contributed by atoms with Crippen molar-refractivity contribution in [3.63, 3.8) is 0 Å². The molecule has 3 N–H and O–H groups in total. The van der Waals surface area contributed by atoms with Gasteiger partial charge in [0.1, 0.15) is 11.8 Å². The fourth-order valence-corrected chi connectivity index (χ4v) is 3.64. The number of carbonyl (C=O) groups excluding carboxylic acids is 3. The quantitative estimate of drug-likeness (QED) is 0.584. The van der Waals surface area contributed by atoms with Crippen LogP contribution in [0, 0.1) is 0 Å². The van der Waals surface area contributed by atoms with E-state index in [4.69, 9.17) is 0 Å². The maximum absolute atomic E-state index is 12.3. The van der Waals surface area contributed by atoms with Crippen LogP contribution in [-0.2, 0) is 14.4 Å². The molecule has 3 amide bonds. The lowest BCUT2D eigenvalue weighted by atomic mass is 10.2. The standard InChI is InChI=1S/C17H17F3N4O4S/c18-17(19,20)28-9-3-4-10-12(8-9)29-16(23-10)24-13(25)2-1-7-21-15(27)11-5-6-14(26)22-11/h3-4,8,11H,1-2,5-7H2,(H,21,27)(H,22,26)(H,23,24,25). The molecule has 8 nitrogen and oxygen atoms in total. The van der Waals surface area contributed by atoms with Crippen LogP contribution in [-0.4, -0.2) is 41.7 Å². The van der Waals surface area contributed by atoms with Crippen LogP contribution in [0.5, 0.6) is 5.75 Å². The van der Waals surface area contributed by atoms with E-state index in [1.54, 1.807) is 0 Å². The third-order valence-corrected chi connectivity index (χ3v) is 4.97. The minimum absolute atomic E-state index is 0.121. The number of thiazole rings is 1. The number of nitrogens with one attached hydrogen (secondary N) is 3. The number of benzene rings is 1. The monoisotopic (exact) mass is 430 g/mol. The van der Waals surface area contributed by atoms with Crippen LogP contribution in [0.4, 0.5) is 18.3 Å². The Kier molecular flexibility index (Phi) is 6.20. The van der Waals surface area contributed by atoms with Crippen LogP contribution in [0.3, 0.4) is 0 Å². The van der Waals surface area contributed by atoms with Crippen LogP contribution in [0.1, 0.15) is 25.7 Å². The van der Waals surface area contributed by atoms with E-state index in [0.717, 1.165) is 17.4 Å². The van der Waals surface area contributed by atoms with Gasteiger partial charge in [-0.2, -0.15) is 0 Å². The van der Waals surface area contributed by atoms with E-state index in [9.17, 15) is 27.6 Å². The molecule has 1 aliphatic heterocycles. The molecule has 1 aromatic heterocycles. The van der Waals surface area contributed by atoms with Gasteiger partial charge in [-0.1, -0.05) is 11.3 Å². The average Bonchev–Trinajstić information content (AvgIpc) is 3.22. The maximum atomic E-state index is 12.3. The molecular weight excluding hydrogens is 413 g/mol. The number of hydrogen-bond donors (Lipinski definition) is 3. The number of fused-ring (bicyclic) bond motifs is 1. The molecule has 1 saturated heterocycles. The zero-order valence-corrected chi connectivity index (χ0v) is 15.8. The summed E-state index contributed by atoms with van der Waals surface area (Å²) in [6, 6.07) is 3.20. The minimum atomic E-state index is -4.78. The largest absolute Gasteiger partial charge is 0.573 e. The van der Waals surface area contributed by atoms with Crippen LogP contribution in [0.25, 0.3) is 10.2 Å². The highest BCUT2D eigenvalue weighted by atomic mass is 32.1. The normalized spacial score (nSPS) is 16.5. The Morgan fingerprint density at radius 3 is 2.83 bits per heavy atom. The number of hydrogen-bond acceptors (Lipinski definition) is 6. The first-order valence-corrected chi connectivity index (χ1v) is 9.54. The van der Waals surface area contributed by atoms with E-state index < -0.39 is 12.4 Å². The molecule has 1 aromatic carbocycles. The number of carbonyl (C=O) groups is 3. The lowest BCUT2D eigenvalue weighted by Gasteiger charge is -2.10. The van der Waals surface area contributed by atoms with Crippen molar-refractivity contribution in [1.29, 1.82) is 0 Å². The molecule has 1 aliphatic rings. The first-order valence-electron chi connectivity index (χ1n) is 8.73. The van der Waals surface area contributed by atoms with Gasteiger partial charge in [0.05, 0.1) is 10.2 Å². The topological polar surface area (TPSA) is 109 Å². The Balaban J connectivity index is 1.44. The Morgan fingerprint density at radius 2 is 2.14 bits per heavy atom. The van der Waals surface area contributed by atoms with Gasteiger partial charge in [-0.25, -0.2) is 4.98 Å². The highest BCUT2D eigenvalue weighted by Gasteiger charge is 2.31. The van der Waals surface area contributed by atoms with Gasteiger partial charge < -0.3 is 20.7 Å². The molecule has 12 heteroatoms. The molecule has 156 valence electrons. The molecule has 2 aromatic rings. The number of amides is 3. The SMILES string of the molecule is O=C(CCCNC(=O)C1CCC(=O)N1)Nc1nc2ccc(OC(F)(F)F)cc2s1. The number of ether oxygens (including phenoxy) is 1. The third-order valence-electron chi connectivity index (χ3n) is 4.03. The summed E-state index contributed by atoms with van der Waals surface area (Å²) in [6.07, 6.45) is -3.50. The molecule has 2 heterocycles. The van der Waals surface area contributed by atoms with E-state index in [2.05, 4.69) is 25.7 Å². The predicted molar refractivity (Wildman–Crippen MR) is 98.3 cm³/mol. The van der Waals surface area contributed by atoms with Crippen molar-refractivity contribution in [2.45, 2.75) is 38.1 Å². The number of aromatic nitrogens is 1. The van der Waals surface area contributed by atoms with Gasteiger partial charge in [-0.15, -0.1) is 13.2 Å². The number of anilines is 1. The lowest BCUT2D eigenvalue weighted by molar-refractivity contribution is -0.274. The third kappa shape index (κ3) is 6.04. The van der Waals surface area contributed by atoms with Crippen molar-refractivity contribution in [2.75, 3.05) is 11.9 Å². The van der Waals surface area contributed by atoms with E-state index in [-0.39, 0.29) is 41.6 Å². The Labute approximate surface area is 166 Å². The first-order chi connectivity index (χ1) is 13.7. The summed E-state index contributed by atoms with van der Waals surface area (Å²) < 4.78 is 41.2. The highest BCUT2D eigenvalue weighted by Crippen LogP contribution is 2.31. The fraction of sp³-hybridized carbons (Fsp3) is 0.412. The second-order valence-corrected chi connectivity index (χ2v) is 7.33. The number of alkyl halides is 3. The van der Waals surface area contributed by atoms with Crippen molar-refractivity contribution in [1.82, 2.24) is 15.6 Å². The summed E-state index contributed by atoms with van der Waals surface area (Å²) in [5.41, 5.74) is 0.436. The second kappa shape index (κ2) is 8.64. The number of halogens is 3. The van der Waals surface area contributed by atoms with Gasteiger partial charge in [0.25, 0.3) is 0 Å². The smallest absolute Gasteiger partial charge is 0.406 e. The summed E-state index contributed by atoms with van der Waals surface area (Å²) in [4.78, 5) is 39.1. The summed E-state index contributed by atoms with van der Waals surface area (Å²) >= 11 is 1.03. The summed E-state index contributed by atoms with van der Waals surface area (Å²) in [7, 11) is 0. The van der Waals surface area contributed by atoms with Gasteiger partial charge in [0.2, 0.25) is 17.7 Å². The van der Waals surface area contributed by atoms with E-state index >= 15 is 0 Å². The number of rotatable bonds is 7.